The first-order chi connectivity index (χ1) is 17.1. The van der Waals surface area contributed by atoms with Crippen molar-refractivity contribution in [1.29, 1.82) is 0 Å². The minimum atomic E-state index is -0.502. The molecule has 0 atom stereocenters. The van der Waals surface area contributed by atoms with Gasteiger partial charge in [-0.2, -0.15) is 5.10 Å². The van der Waals surface area contributed by atoms with E-state index in [1.807, 2.05) is 30.3 Å². The van der Waals surface area contributed by atoms with E-state index in [4.69, 9.17) is 9.47 Å². The number of unbranched alkanes of at least 4 members (excludes halogenated alkanes) is 8. The van der Waals surface area contributed by atoms with Crippen molar-refractivity contribution in [3.05, 3.63) is 65.7 Å². The average molecular weight is 479 g/mol. The summed E-state index contributed by atoms with van der Waals surface area (Å²) >= 11 is 0. The number of hydrogen-bond donors (Lipinski definition) is 1. The van der Waals surface area contributed by atoms with E-state index in [0.29, 0.717) is 23.5 Å². The van der Waals surface area contributed by atoms with Crippen LogP contribution < -0.4 is 14.9 Å². The van der Waals surface area contributed by atoms with Crippen LogP contribution in [-0.2, 0) is 9.59 Å². The molecule has 2 rings (SSSR count). The number of ether oxygens (including phenoxy) is 2. The Hall–Kier alpha value is -3.41. The SMILES string of the molecule is CCCCCCCCCCCC(=O)N/N=C/c1ccc(OC(=O)/C=C/c2ccccc2)c(OC)c1. The lowest BCUT2D eigenvalue weighted by molar-refractivity contribution is -0.129. The average Bonchev–Trinajstić information content (AvgIpc) is 2.88. The molecule has 0 radical (unpaired) electrons. The number of hydrogen-bond acceptors (Lipinski definition) is 5. The molecule has 6 nitrogen and oxygen atoms in total. The maximum atomic E-state index is 12.1. The molecule has 0 heterocycles. The molecule has 2 aromatic carbocycles. The van der Waals surface area contributed by atoms with Crippen molar-refractivity contribution in [3.8, 4) is 11.5 Å². The second-order valence-electron chi connectivity index (χ2n) is 8.45. The number of esters is 1. The number of carbonyl (C=O) groups excluding carboxylic acids is 2. The van der Waals surface area contributed by atoms with Gasteiger partial charge in [-0.1, -0.05) is 88.6 Å². The van der Waals surface area contributed by atoms with Crippen LogP contribution >= 0.6 is 0 Å². The lowest BCUT2D eigenvalue weighted by Crippen LogP contribution is -2.16. The zero-order chi connectivity index (χ0) is 25.1. The molecule has 0 aliphatic rings. The molecule has 0 fully saturated rings. The summed E-state index contributed by atoms with van der Waals surface area (Å²) in [6.07, 6.45) is 16.0. The molecule has 0 aliphatic heterocycles. The van der Waals surface area contributed by atoms with Crippen molar-refractivity contribution in [2.45, 2.75) is 71.1 Å². The first kappa shape index (κ1) is 27.8. The highest BCUT2D eigenvalue weighted by atomic mass is 16.6. The predicted molar refractivity (Wildman–Crippen MR) is 142 cm³/mol. The number of rotatable bonds is 16. The molecule has 188 valence electrons. The highest BCUT2D eigenvalue weighted by molar-refractivity contribution is 5.89. The van der Waals surface area contributed by atoms with Crippen molar-refractivity contribution >= 4 is 24.2 Å². The topological polar surface area (TPSA) is 77.0 Å². The molecule has 35 heavy (non-hydrogen) atoms. The summed E-state index contributed by atoms with van der Waals surface area (Å²) in [6, 6.07) is 14.6. The summed E-state index contributed by atoms with van der Waals surface area (Å²) in [6.45, 7) is 2.23. The van der Waals surface area contributed by atoms with Crippen molar-refractivity contribution in [3.63, 3.8) is 0 Å². The molecule has 1 amide bonds. The van der Waals surface area contributed by atoms with Crippen molar-refractivity contribution in [1.82, 2.24) is 5.43 Å². The Morgan fingerprint density at radius 1 is 0.857 bits per heavy atom. The van der Waals surface area contributed by atoms with Gasteiger partial charge >= 0.3 is 5.97 Å². The highest BCUT2D eigenvalue weighted by Gasteiger charge is 2.09. The van der Waals surface area contributed by atoms with E-state index in [2.05, 4.69) is 17.5 Å². The Bertz CT molecular complexity index is 954. The third-order valence-corrected chi connectivity index (χ3v) is 5.52. The second-order valence-corrected chi connectivity index (χ2v) is 8.45. The molecule has 6 heteroatoms. The molecular weight excluding hydrogens is 440 g/mol. The fourth-order valence-corrected chi connectivity index (χ4v) is 3.55. The fraction of sp³-hybridized carbons (Fsp3) is 0.414. The van der Waals surface area contributed by atoms with Gasteiger partial charge in [0.1, 0.15) is 0 Å². The second kappa shape index (κ2) is 17.1. The van der Waals surface area contributed by atoms with E-state index in [1.54, 1.807) is 24.3 Å². The highest BCUT2D eigenvalue weighted by Crippen LogP contribution is 2.27. The van der Waals surface area contributed by atoms with Gasteiger partial charge in [0.05, 0.1) is 13.3 Å². The smallest absolute Gasteiger partial charge is 0.336 e. The van der Waals surface area contributed by atoms with E-state index in [0.717, 1.165) is 18.4 Å². The summed E-state index contributed by atoms with van der Waals surface area (Å²) in [5, 5.41) is 4.03. The first-order valence-electron chi connectivity index (χ1n) is 12.6. The fourth-order valence-electron chi connectivity index (χ4n) is 3.55. The lowest BCUT2D eigenvalue weighted by Gasteiger charge is -2.08. The van der Waals surface area contributed by atoms with E-state index >= 15 is 0 Å². The maximum Gasteiger partial charge on any atom is 0.336 e. The number of nitrogens with one attached hydrogen (secondary N) is 1. The van der Waals surface area contributed by atoms with Gasteiger partial charge in [0.25, 0.3) is 0 Å². The monoisotopic (exact) mass is 478 g/mol. The van der Waals surface area contributed by atoms with Crippen LogP contribution in [0, 0.1) is 0 Å². The first-order valence-corrected chi connectivity index (χ1v) is 12.6. The molecule has 0 saturated carbocycles. The number of methoxy groups -OCH3 is 1. The number of benzene rings is 2. The van der Waals surface area contributed by atoms with Crippen LogP contribution in [0.15, 0.2) is 59.7 Å². The van der Waals surface area contributed by atoms with Crippen molar-refractivity contribution < 1.29 is 19.1 Å². The van der Waals surface area contributed by atoms with Crippen LogP contribution in [0.5, 0.6) is 11.5 Å². The van der Waals surface area contributed by atoms with Gasteiger partial charge in [0.2, 0.25) is 5.91 Å². The summed E-state index contributed by atoms with van der Waals surface area (Å²) in [5.74, 6) is 0.113. The van der Waals surface area contributed by atoms with E-state index in [-0.39, 0.29) is 5.91 Å². The van der Waals surface area contributed by atoms with Crippen LogP contribution in [0.4, 0.5) is 0 Å². The van der Waals surface area contributed by atoms with Gasteiger partial charge in [0, 0.05) is 12.5 Å². The zero-order valence-electron chi connectivity index (χ0n) is 21.0. The van der Waals surface area contributed by atoms with Gasteiger partial charge < -0.3 is 9.47 Å². The maximum absolute atomic E-state index is 12.1. The van der Waals surface area contributed by atoms with Gasteiger partial charge in [-0.25, -0.2) is 10.2 Å². The van der Waals surface area contributed by atoms with Gasteiger partial charge in [-0.15, -0.1) is 0 Å². The molecule has 0 spiro atoms. The minimum absolute atomic E-state index is 0.0908. The van der Waals surface area contributed by atoms with Crippen molar-refractivity contribution in [2.75, 3.05) is 7.11 Å². The molecule has 0 unspecified atom stereocenters. The molecule has 0 saturated heterocycles. The third-order valence-electron chi connectivity index (χ3n) is 5.52. The summed E-state index contributed by atoms with van der Waals surface area (Å²) in [4.78, 5) is 24.1. The van der Waals surface area contributed by atoms with Crippen molar-refractivity contribution in [2.24, 2.45) is 5.10 Å². The van der Waals surface area contributed by atoms with Crippen LogP contribution in [0.2, 0.25) is 0 Å². The molecular formula is C29H38N2O4. The Balaban J connectivity index is 1.71. The lowest BCUT2D eigenvalue weighted by atomic mass is 10.1. The Morgan fingerprint density at radius 2 is 1.54 bits per heavy atom. The standard InChI is InChI=1S/C29H38N2O4/c1-3-4-5-6-7-8-9-10-14-17-28(32)31-30-23-25-18-20-26(27(22-25)34-2)35-29(33)21-19-24-15-12-11-13-16-24/h11-13,15-16,18-23H,3-10,14,17H2,1-2H3,(H,31,32)/b21-19+,30-23+. The Labute approximate surface area is 209 Å². The van der Waals surface area contributed by atoms with Gasteiger partial charge in [-0.05, 0) is 41.8 Å². The summed E-state index contributed by atoms with van der Waals surface area (Å²) in [7, 11) is 1.50. The molecule has 0 aliphatic carbocycles. The van der Waals surface area contributed by atoms with Gasteiger partial charge in [-0.3, -0.25) is 4.79 Å². The quantitative estimate of drug-likeness (QED) is 0.0728. The number of hydrazone groups is 1. The Morgan fingerprint density at radius 3 is 2.23 bits per heavy atom. The molecule has 0 bridgehead atoms. The van der Waals surface area contributed by atoms with Crippen LogP contribution in [0.25, 0.3) is 6.08 Å². The third kappa shape index (κ3) is 12.0. The number of carbonyl (C=O) groups is 2. The number of nitrogens with zero attached hydrogens (tertiary/aromatic N) is 1. The molecule has 1 N–H and O–H groups in total. The normalized spacial score (nSPS) is 11.1. The van der Waals surface area contributed by atoms with Crippen LogP contribution in [0.3, 0.4) is 0 Å². The van der Waals surface area contributed by atoms with Crippen LogP contribution in [-0.4, -0.2) is 25.2 Å². The van der Waals surface area contributed by atoms with Crippen LogP contribution in [0.1, 0.15) is 82.3 Å². The minimum Gasteiger partial charge on any atom is -0.493 e. The van der Waals surface area contributed by atoms with Gasteiger partial charge in [0.15, 0.2) is 11.5 Å². The largest absolute Gasteiger partial charge is 0.493 e. The zero-order valence-corrected chi connectivity index (χ0v) is 21.0. The molecule has 0 aromatic heterocycles. The summed E-state index contributed by atoms with van der Waals surface area (Å²) < 4.78 is 10.7. The number of amides is 1. The Kier molecular flexibility index (Phi) is 13.6. The predicted octanol–water partition coefficient (Wildman–Crippen LogP) is 6.69. The van der Waals surface area contributed by atoms with E-state index < -0.39 is 5.97 Å². The summed E-state index contributed by atoms with van der Waals surface area (Å²) in [5.41, 5.74) is 4.19. The molecule has 2 aromatic rings. The van der Waals surface area contributed by atoms with E-state index in [1.165, 1.54) is 64.3 Å². The van der Waals surface area contributed by atoms with E-state index in [9.17, 15) is 9.59 Å².